The first-order chi connectivity index (χ1) is 7.76. The fraction of sp³-hybridized carbons (Fsp3) is 0.667. The van der Waals surface area contributed by atoms with Gasteiger partial charge in [-0.25, -0.2) is 9.59 Å². The van der Waals surface area contributed by atoms with Gasteiger partial charge in [-0.05, 0) is 40.0 Å². The number of unbranched alkanes of at least 4 members (excludes halogenated alkanes) is 1. The molecule has 0 aromatic rings. The molecule has 0 aromatic heterocycles. The van der Waals surface area contributed by atoms with E-state index in [1.165, 1.54) is 0 Å². The van der Waals surface area contributed by atoms with Crippen molar-refractivity contribution in [3.63, 3.8) is 0 Å². The minimum atomic E-state index is -1.06. The molecule has 0 saturated heterocycles. The molecular weight excluding hydrogens is 222 g/mol. The van der Waals surface area contributed by atoms with Gasteiger partial charge in [0.1, 0.15) is 11.6 Å². The summed E-state index contributed by atoms with van der Waals surface area (Å²) in [5, 5.41) is 11.3. The van der Waals surface area contributed by atoms with E-state index >= 15 is 0 Å². The number of carboxylic acids is 1. The average molecular weight is 243 g/mol. The van der Waals surface area contributed by atoms with Gasteiger partial charge in [-0.15, -0.1) is 6.58 Å². The maximum atomic E-state index is 11.4. The van der Waals surface area contributed by atoms with Gasteiger partial charge in [0, 0.05) is 0 Å². The van der Waals surface area contributed by atoms with Crippen LogP contribution in [0.1, 0.15) is 40.0 Å². The second-order valence-corrected chi connectivity index (χ2v) is 4.76. The Morgan fingerprint density at radius 1 is 1.47 bits per heavy atom. The standard InChI is InChI=1S/C12H21NO4/c1-5-6-7-8-9(10(14)15)13-11(16)17-12(2,3)4/h5,9H,1,6-8H2,2-4H3,(H,13,16)(H,14,15). The molecule has 5 heteroatoms. The van der Waals surface area contributed by atoms with Crippen LogP contribution in [-0.2, 0) is 9.53 Å². The minimum Gasteiger partial charge on any atom is -0.480 e. The van der Waals surface area contributed by atoms with Gasteiger partial charge in [-0.2, -0.15) is 0 Å². The van der Waals surface area contributed by atoms with Crippen LogP contribution in [0.4, 0.5) is 4.79 Å². The molecule has 0 aliphatic rings. The summed E-state index contributed by atoms with van der Waals surface area (Å²) in [5.74, 6) is -1.06. The van der Waals surface area contributed by atoms with Gasteiger partial charge in [-0.3, -0.25) is 0 Å². The number of allylic oxidation sites excluding steroid dienone is 1. The number of hydrogen-bond donors (Lipinski definition) is 2. The van der Waals surface area contributed by atoms with Crippen molar-refractivity contribution < 1.29 is 19.4 Å². The summed E-state index contributed by atoms with van der Waals surface area (Å²) < 4.78 is 4.99. The lowest BCUT2D eigenvalue weighted by atomic mass is 10.1. The van der Waals surface area contributed by atoms with Crippen LogP contribution in [0, 0.1) is 0 Å². The maximum Gasteiger partial charge on any atom is 0.408 e. The smallest absolute Gasteiger partial charge is 0.408 e. The molecule has 0 fully saturated rings. The number of ether oxygens (including phenoxy) is 1. The van der Waals surface area contributed by atoms with Gasteiger partial charge in [-0.1, -0.05) is 6.08 Å². The molecule has 0 heterocycles. The first-order valence-electron chi connectivity index (χ1n) is 5.59. The molecule has 0 spiro atoms. The van der Waals surface area contributed by atoms with Crippen molar-refractivity contribution in [3.8, 4) is 0 Å². The highest BCUT2D eigenvalue weighted by Crippen LogP contribution is 2.08. The van der Waals surface area contributed by atoms with Crippen molar-refractivity contribution in [2.24, 2.45) is 0 Å². The zero-order valence-electron chi connectivity index (χ0n) is 10.7. The van der Waals surface area contributed by atoms with E-state index in [0.717, 1.165) is 6.42 Å². The average Bonchev–Trinajstić information content (AvgIpc) is 2.13. The third-order valence-corrected chi connectivity index (χ3v) is 1.89. The monoisotopic (exact) mass is 243 g/mol. The summed E-state index contributed by atoms with van der Waals surface area (Å²) in [4.78, 5) is 22.3. The first-order valence-corrected chi connectivity index (χ1v) is 5.59. The van der Waals surface area contributed by atoms with Crippen LogP contribution in [0.5, 0.6) is 0 Å². The molecular formula is C12H21NO4. The lowest BCUT2D eigenvalue weighted by molar-refractivity contribution is -0.139. The number of rotatable bonds is 6. The lowest BCUT2D eigenvalue weighted by Gasteiger charge is -2.21. The SMILES string of the molecule is C=CCCCC(NC(=O)OC(C)(C)C)C(=O)O. The molecule has 0 aromatic carbocycles. The van der Waals surface area contributed by atoms with Crippen LogP contribution >= 0.6 is 0 Å². The fourth-order valence-electron chi connectivity index (χ4n) is 1.17. The van der Waals surface area contributed by atoms with Gasteiger partial charge in [0.2, 0.25) is 0 Å². The van der Waals surface area contributed by atoms with E-state index in [1.54, 1.807) is 26.8 Å². The van der Waals surface area contributed by atoms with Gasteiger partial charge in [0.05, 0.1) is 0 Å². The Bertz CT molecular complexity index is 281. The summed E-state index contributed by atoms with van der Waals surface area (Å²) in [5.41, 5.74) is -0.631. The molecule has 1 atom stereocenters. The second-order valence-electron chi connectivity index (χ2n) is 4.76. The van der Waals surface area contributed by atoms with Gasteiger partial charge >= 0.3 is 12.1 Å². The van der Waals surface area contributed by atoms with Crippen LogP contribution < -0.4 is 5.32 Å². The van der Waals surface area contributed by atoms with E-state index in [2.05, 4.69) is 11.9 Å². The van der Waals surface area contributed by atoms with E-state index < -0.39 is 23.7 Å². The third kappa shape index (κ3) is 8.30. The quantitative estimate of drug-likeness (QED) is 0.554. The summed E-state index contributed by atoms with van der Waals surface area (Å²) in [6, 6.07) is -0.912. The normalized spacial score (nSPS) is 12.6. The van der Waals surface area contributed by atoms with Gasteiger partial charge < -0.3 is 15.2 Å². The van der Waals surface area contributed by atoms with Gasteiger partial charge in [0.25, 0.3) is 0 Å². The molecule has 5 nitrogen and oxygen atoms in total. The number of nitrogens with one attached hydrogen (secondary N) is 1. The molecule has 0 radical (unpaired) electrons. The maximum absolute atomic E-state index is 11.4. The van der Waals surface area contributed by atoms with E-state index in [9.17, 15) is 9.59 Å². The van der Waals surface area contributed by atoms with Crippen LogP contribution in [-0.4, -0.2) is 28.8 Å². The van der Waals surface area contributed by atoms with Crippen molar-refractivity contribution >= 4 is 12.1 Å². The number of carboxylic acid groups (broad SMARTS) is 1. The number of hydrogen-bond acceptors (Lipinski definition) is 3. The Labute approximate surface area is 102 Å². The molecule has 2 N–H and O–H groups in total. The molecule has 1 unspecified atom stereocenters. The Balaban J connectivity index is 4.20. The number of carbonyl (C=O) groups is 2. The lowest BCUT2D eigenvalue weighted by Crippen LogP contribution is -2.43. The Kier molecular flexibility index (Phi) is 6.31. The van der Waals surface area contributed by atoms with Crippen molar-refractivity contribution in [1.82, 2.24) is 5.32 Å². The summed E-state index contributed by atoms with van der Waals surface area (Å²) >= 11 is 0. The van der Waals surface area contributed by atoms with Crippen LogP contribution in [0.15, 0.2) is 12.7 Å². The summed E-state index contributed by atoms with van der Waals surface area (Å²) in [7, 11) is 0. The van der Waals surface area contributed by atoms with Crippen LogP contribution in [0.25, 0.3) is 0 Å². The molecule has 17 heavy (non-hydrogen) atoms. The van der Waals surface area contributed by atoms with Crippen molar-refractivity contribution in [2.75, 3.05) is 0 Å². The molecule has 0 rings (SSSR count). The molecule has 0 aliphatic heterocycles. The molecule has 98 valence electrons. The predicted molar refractivity (Wildman–Crippen MR) is 64.8 cm³/mol. The van der Waals surface area contributed by atoms with Gasteiger partial charge in [0.15, 0.2) is 0 Å². The van der Waals surface area contributed by atoms with Crippen molar-refractivity contribution in [3.05, 3.63) is 12.7 Å². The molecule has 0 bridgehead atoms. The van der Waals surface area contributed by atoms with E-state index in [0.29, 0.717) is 12.8 Å². The van der Waals surface area contributed by atoms with E-state index in [4.69, 9.17) is 9.84 Å². The topological polar surface area (TPSA) is 75.6 Å². The largest absolute Gasteiger partial charge is 0.480 e. The molecule has 1 amide bonds. The minimum absolute atomic E-state index is 0.362. The Morgan fingerprint density at radius 2 is 2.06 bits per heavy atom. The summed E-state index contributed by atoms with van der Waals surface area (Å²) in [6.07, 6.45) is 2.76. The predicted octanol–water partition coefficient (Wildman–Crippen LogP) is 2.32. The molecule has 0 aliphatic carbocycles. The van der Waals surface area contributed by atoms with Crippen molar-refractivity contribution in [2.45, 2.75) is 51.7 Å². The number of aliphatic carboxylic acids is 1. The fourth-order valence-corrected chi connectivity index (χ4v) is 1.17. The second kappa shape index (κ2) is 6.93. The Morgan fingerprint density at radius 3 is 2.47 bits per heavy atom. The van der Waals surface area contributed by atoms with Crippen LogP contribution in [0.3, 0.4) is 0 Å². The van der Waals surface area contributed by atoms with E-state index in [-0.39, 0.29) is 0 Å². The number of amides is 1. The Hall–Kier alpha value is -1.52. The zero-order chi connectivity index (χ0) is 13.5. The third-order valence-electron chi connectivity index (χ3n) is 1.89. The highest BCUT2D eigenvalue weighted by atomic mass is 16.6. The number of carbonyl (C=O) groups excluding carboxylic acids is 1. The first kappa shape index (κ1) is 15.5. The van der Waals surface area contributed by atoms with E-state index in [1.807, 2.05) is 0 Å². The molecule has 0 saturated carbocycles. The number of alkyl carbamates (subject to hydrolysis) is 1. The highest BCUT2D eigenvalue weighted by Gasteiger charge is 2.23. The highest BCUT2D eigenvalue weighted by molar-refractivity contribution is 5.79. The van der Waals surface area contributed by atoms with Crippen molar-refractivity contribution in [1.29, 1.82) is 0 Å². The van der Waals surface area contributed by atoms with Crippen LogP contribution in [0.2, 0.25) is 0 Å². The zero-order valence-corrected chi connectivity index (χ0v) is 10.7. The summed E-state index contributed by atoms with van der Waals surface area (Å²) in [6.45, 7) is 8.72.